The van der Waals surface area contributed by atoms with Crippen molar-refractivity contribution < 1.29 is 34.2 Å². The molecule has 2 aromatic rings. The number of nitrogens with two attached hydrogens (primary N) is 2. The van der Waals surface area contributed by atoms with Gasteiger partial charge in [-0.2, -0.15) is 12.6 Å². The van der Waals surface area contributed by atoms with E-state index >= 15 is 0 Å². The molecule has 0 aliphatic carbocycles. The number of unbranched alkanes of at least 4 members (excludes halogenated alkanes) is 1. The molecule has 0 saturated carbocycles. The van der Waals surface area contributed by atoms with Crippen LogP contribution in [0.2, 0.25) is 0 Å². The Balaban J connectivity index is 2.19. The molecule has 4 unspecified atom stereocenters. The van der Waals surface area contributed by atoms with Gasteiger partial charge in [0.25, 0.3) is 0 Å². The van der Waals surface area contributed by atoms with Crippen molar-refractivity contribution in [1.82, 2.24) is 20.9 Å². The third-order valence-electron chi connectivity index (χ3n) is 6.11. The van der Waals surface area contributed by atoms with Crippen LogP contribution in [0.25, 0.3) is 10.9 Å². The lowest BCUT2D eigenvalue weighted by Crippen LogP contribution is -2.57. The van der Waals surface area contributed by atoms with E-state index in [0.29, 0.717) is 24.9 Å². The van der Waals surface area contributed by atoms with Crippen LogP contribution < -0.4 is 27.4 Å². The number of thiol groups is 1. The normalized spacial score (nSPS) is 14.1. The first-order valence-corrected chi connectivity index (χ1v) is 13.2. The van der Waals surface area contributed by atoms with Gasteiger partial charge in [-0.1, -0.05) is 18.2 Å². The molecule has 0 spiro atoms. The molecule has 1 aromatic carbocycles. The lowest BCUT2D eigenvalue weighted by atomic mass is 10.0. The van der Waals surface area contributed by atoms with Crippen LogP contribution >= 0.6 is 12.6 Å². The van der Waals surface area contributed by atoms with Crippen LogP contribution in [-0.4, -0.2) is 81.3 Å². The van der Waals surface area contributed by atoms with E-state index in [1.54, 1.807) is 12.3 Å². The summed E-state index contributed by atoms with van der Waals surface area (Å²) in [5, 5.41) is 27.1. The number of aliphatic carboxylic acids is 2. The number of para-hydroxylation sites is 1. The molecule has 0 fully saturated rings. The molecule has 14 heteroatoms. The molecule has 0 saturated heterocycles. The van der Waals surface area contributed by atoms with Gasteiger partial charge in [0.15, 0.2) is 0 Å². The second-order valence-electron chi connectivity index (χ2n) is 9.09. The molecular formula is C25H36N6O7S. The van der Waals surface area contributed by atoms with Crippen LogP contribution in [0, 0.1) is 0 Å². The van der Waals surface area contributed by atoms with Crippen LogP contribution in [-0.2, 0) is 30.4 Å². The Morgan fingerprint density at radius 3 is 2.13 bits per heavy atom. The van der Waals surface area contributed by atoms with Crippen molar-refractivity contribution in [2.24, 2.45) is 11.5 Å². The van der Waals surface area contributed by atoms with E-state index in [1.165, 1.54) is 0 Å². The van der Waals surface area contributed by atoms with Crippen molar-refractivity contribution >= 4 is 53.2 Å². The maximum Gasteiger partial charge on any atom is 0.326 e. The highest BCUT2D eigenvalue weighted by Crippen LogP contribution is 2.19. The monoisotopic (exact) mass is 564 g/mol. The van der Waals surface area contributed by atoms with Gasteiger partial charge in [-0.3, -0.25) is 19.2 Å². The topological polar surface area (TPSA) is 230 Å². The Morgan fingerprint density at radius 1 is 0.897 bits per heavy atom. The number of hydrogen-bond donors (Lipinski definition) is 9. The molecule has 4 atom stereocenters. The first-order valence-electron chi connectivity index (χ1n) is 12.5. The quantitative estimate of drug-likeness (QED) is 0.0889. The summed E-state index contributed by atoms with van der Waals surface area (Å²) >= 11 is 3.98. The van der Waals surface area contributed by atoms with Gasteiger partial charge in [0.2, 0.25) is 17.7 Å². The summed E-state index contributed by atoms with van der Waals surface area (Å²) in [6, 6.07) is 2.51. The third kappa shape index (κ3) is 9.89. The number of nitrogens with one attached hydrogen (secondary N) is 4. The summed E-state index contributed by atoms with van der Waals surface area (Å²) in [5.41, 5.74) is 12.7. The standard InChI is InChI=1S/C25H36N6O7S/c26-10-4-3-7-18(29-22(34)16(27)13-39)23(35)30-19(8-9-21(32)33)24(36)31-20(25(37)38)11-14-12-28-17-6-2-1-5-15(14)17/h1-2,5-6,12,16,18-20,28,39H,3-4,7-11,13,26-27H2,(H,29,34)(H,30,35)(H,31,36)(H,32,33)(H,37,38). The highest BCUT2D eigenvalue weighted by atomic mass is 32.1. The van der Waals surface area contributed by atoms with Crippen LogP contribution in [0.1, 0.15) is 37.7 Å². The SMILES string of the molecule is NCCCCC(NC(=O)C(N)CS)C(=O)NC(CCC(=O)O)C(=O)NC(Cc1c[nH]c2ccccc12)C(=O)O. The van der Waals surface area contributed by atoms with Crippen LogP contribution in [0.15, 0.2) is 30.5 Å². The Kier molecular flexibility index (Phi) is 12.7. The van der Waals surface area contributed by atoms with Gasteiger partial charge in [0, 0.05) is 35.7 Å². The van der Waals surface area contributed by atoms with Gasteiger partial charge in [0.1, 0.15) is 18.1 Å². The number of aromatic nitrogens is 1. The van der Waals surface area contributed by atoms with Gasteiger partial charge >= 0.3 is 11.9 Å². The van der Waals surface area contributed by atoms with E-state index in [2.05, 4.69) is 33.6 Å². The van der Waals surface area contributed by atoms with Crippen LogP contribution in [0.4, 0.5) is 0 Å². The van der Waals surface area contributed by atoms with Crippen molar-refractivity contribution in [2.45, 2.75) is 62.7 Å². The molecular weight excluding hydrogens is 528 g/mol. The van der Waals surface area contributed by atoms with Crippen molar-refractivity contribution in [2.75, 3.05) is 12.3 Å². The van der Waals surface area contributed by atoms with E-state index in [-0.39, 0.29) is 25.0 Å². The molecule has 214 valence electrons. The predicted octanol–water partition coefficient (Wildman–Crippen LogP) is -0.500. The number of carboxylic acids is 2. The molecule has 1 aromatic heterocycles. The number of amides is 3. The zero-order valence-electron chi connectivity index (χ0n) is 21.4. The molecule has 10 N–H and O–H groups in total. The highest BCUT2D eigenvalue weighted by Gasteiger charge is 2.31. The van der Waals surface area contributed by atoms with Gasteiger partial charge in [-0.05, 0) is 43.9 Å². The van der Waals surface area contributed by atoms with Gasteiger partial charge in [-0.15, -0.1) is 0 Å². The Hall–Kier alpha value is -3.62. The number of benzene rings is 1. The number of fused-ring (bicyclic) bond motifs is 1. The molecule has 39 heavy (non-hydrogen) atoms. The maximum absolute atomic E-state index is 13.1. The first-order chi connectivity index (χ1) is 18.6. The summed E-state index contributed by atoms with van der Waals surface area (Å²) in [7, 11) is 0. The van der Waals surface area contributed by atoms with Gasteiger partial charge in [0.05, 0.1) is 6.04 Å². The average molecular weight is 565 g/mol. The van der Waals surface area contributed by atoms with Crippen LogP contribution in [0.3, 0.4) is 0 Å². The predicted molar refractivity (Wildman–Crippen MR) is 147 cm³/mol. The van der Waals surface area contributed by atoms with E-state index in [1.807, 2.05) is 18.2 Å². The molecule has 0 bridgehead atoms. The fourth-order valence-corrected chi connectivity index (χ4v) is 4.09. The highest BCUT2D eigenvalue weighted by molar-refractivity contribution is 7.80. The number of carboxylic acid groups (broad SMARTS) is 2. The lowest BCUT2D eigenvalue weighted by Gasteiger charge is -2.25. The molecule has 13 nitrogen and oxygen atoms in total. The minimum absolute atomic E-state index is 0.0413. The number of carbonyl (C=O) groups is 5. The molecule has 3 amide bonds. The molecule has 1 heterocycles. The van der Waals surface area contributed by atoms with Crippen molar-refractivity contribution in [1.29, 1.82) is 0 Å². The van der Waals surface area contributed by atoms with Gasteiger partial charge in [-0.25, -0.2) is 4.79 Å². The minimum Gasteiger partial charge on any atom is -0.481 e. The van der Waals surface area contributed by atoms with Crippen molar-refractivity contribution in [3.63, 3.8) is 0 Å². The number of carbonyl (C=O) groups excluding carboxylic acids is 3. The number of hydrogen-bond acceptors (Lipinski definition) is 8. The number of H-pyrrole nitrogens is 1. The van der Waals surface area contributed by atoms with Crippen LogP contribution in [0.5, 0.6) is 0 Å². The molecule has 0 aliphatic heterocycles. The lowest BCUT2D eigenvalue weighted by molar-refractivity contribution is -0.143. The largest absolute Gasteiger partial charge is 0.481 e. The van der Waals surface area contributed by atoms with E-state index in [0.717, 1.165) is 10.9 Å². The summed E-state index contributed by atoms with van der Waals surface area (Å²) < 4.78 is 0. The number of aromatic amines is 1. The summed E-state index contributed by atoms with van der Waals surface area (Å²) in [4.78, 5) is 64.8. The van der Waals surface area contributed by atoms with Crippen molar-refractivity contribution in [3.05, 3.63) is 36.0 Å². The Labute approximate surface area is 230 Å². The zero-order valence-corrected chi connectivity index (χ0v) is 22.3. The number of rotatable bonds is 17. The van der Waals surface area contributed by atoms with Gasteiger partial charge < -0.3 is 42.6 Å². The first kappa shape index (κ1) is 31.6. The third-order valence-corrected chi connectivity index (χ3v) is 6.50. The van der Waals surface area contributed by atoms with E-state index in [9.17, 15) is 29.1 Å². The molecule has 0 radical (unpaired) electrons. The fraction of sp³-hybridized carbons (Fsp3) is 0.480. The molecule has 2 rings (SSSR count). The minimum atomic E-state index is -1.37. The summed E-state index contributed by atoms with van der Waals surface area (Å²) in [6.07, 6.45) is 2.10. The second kappa shape index (κ2) is 15.7. The Bertz CT molecular complexity index is 1160. The molecule has 0 aliphatic rings. The fourth-order valence-electron chi connectivity index (χ4n) is 3.93. The summed E-state index contributed by atoms with van der Waals surface area (Å²) in [6.45, 7) is 0.370. The Morgan fingerprint density at radius 2 is 1.51 bits per heavy atom. The van der Waals surface area contributed by atoms with E-state index < -0.39 is 60.2 Å². The summed E-state index contributed by atoms with van der Waals surface area (Å²) in [5.74, 6) is -4.68. The second-order valence-corrected chi connectivity index (χ2v) is 9.46. The average Bonchev–Trinajstić information content (AvgIpc) is 3.31. The zero-order chi connectivity index (χ0) is 28.9. The van der Waals surface area contributed by atoms with E-state index in [4.69, 9.17) is 16.6 Å². The smallest absolute Gasteiger partial charge is 0.326 e. The maximum atomic E-state index is 13.1. The van der Waals surface area contributed by atoms with Crippen molar-refractivity contribution in [3.8, 4) is 0 Å².